The average molecular weight is 296 g/mol. The fourth-order valence-corrected chi connectivity index (χ4v) is 2.81. The maximum atomic E-state index is 12.3. The van der Waals surface area contributed by atoms with Crippen molar-refractivity contribution in [1.82, 2.24) is 0 Å². The van der Waals surface area contributed by atoms with Gasteiger partial charge in [0.2, 0.25) is 0 Å². The summed E-state index contributed by atoms with van der Waals surface area (Å²) >= 11 is 0. The zero-order chi connectivity index (χ0) is 15.5. The van der Waals surface area contributed by atoms with Crippen LogP contribution in [0.15, 0.2) is 42.5 Å². The Morgan fingerprint density at radius 3 is 2.68 bits per heavy atom. The van der Waals surface area contributed by atoms with E-state index in [-0.39, 0.29) is 5.91 Å². The molecule has 0 spiro atoms. The number of methoxy groups -OCH3 is 1. The van der Waals surface area contributed by atoms with Crippen molar-refractivity contribution in [1.29, 1.82) is 0 Å². The first-order chi connectivity index (χ1) is 10.7. The molecule has 22 heavy (non-hydrogen) atoms. The van der Waals surface area contributed by atoms with E-state index in [4.69, 9.17) is 4.74 Å². The molecule has 4 nitrogen and oxygen atoms in total. The maximum absolute atomic E-state index is 12.3. The predicted molar refractivity (Wildman–Crippen MR) is 89.0 cm³/mol. The topological polar surface area (TPSA) is 41.6 Å². The summed E-state index contributed by atoms with van der Waals surface area (Å²) in [7, 11) is 3.72. The van der Waals surface area contributed by atoms with Crippen molar-refractivity contribution in [3.8, 4) is 5.75 Å². The number of anilines is 2. The summed E-state index contributed by atoms with van der Waals surface area (Å²) in [5.74, 6) is 0.639. The van der Waals surface area contributed by atoms with E-state index in [9.17, 15) is 4.79 Å². The number of hydrogen-bond donors (Lipinski definition) is 1. The Kier molecular flexibility index (Phi) is 4.00. The molecule has 0 radical (unpaired) electrons. The van der Waals surface area contributed by atoms with Gasteiger partial charge in [-0.15, -0.1) is 0 Å². The van der Waals surface area contributed by atoms with Gasteiger partial charge in [-0.05, 0) is 60.9 Å². The summed E-state index contributed by atoms with van der Waals surface area (Å²) in [6, 6.07) is 13.2. The van der Waals surface area contributed by atoms with Crippen LogP contribution < -0.4 is 15.0 Å². The van der Waals surface area contributed by atoms with Crippen LogP contribution in [0.5, 0.6) is 5.75 Å². The van der Waals surface area contributed by atoms with E-state index in [2.05, 4.69) is 29.4 Å². The van der Waals surface area contributed by atoms with Gasteiger partial charge in [0, 0.05) is 30.5 Å². The molecule has 114 valence electrons. The van der Waals surface area contributed by atoms with Gasteiger partial charge in [0.1, 0.15) is 5.75 Å². The van der Waals surface area contributed by atoms with Crippen molar-refractivity contribution in [3.05, 3.63) is 53.6 Å². The maximum Gasteiger partial charge on any atom is 0.255 e. The van der Waals surface area contributed by atoms with Crippen molar-refractivity contribution in [2.24, 2.45) is 0 Å². The molecule has 2 aromatic rings. The smallest absolute Gasteiger partial charge is 0.255 e. The van der Waals surface area contributed by atoms with Crippen LogP contribution in [0.3, 0.4) is 0 Å². The Hall–Kier alpha value is -2.49. The normalized spacial score (nSPS) is 13.5. The molecule has 0 aliphatic carbocycles. The molecule has 0 aromatic heterocycles. The minimum Gasteiger partial charge on any atom is -0.497 e. The van der Waals surface area contributed by atoms with E-state index >= 15 is 0 Å². The number of carbonyl (C=O) groups excluding carboxylic acids is 1. The number of hydrogen-bond acceptors (Lipinski definition) is 3. The molecule has 0 atom stereocenters. The van der Waals surface area contributed by atoms with Crippen LogP contribution in [0.2, 0.25) is 0 Å². The number of ether oxygens (including phenoxy) is 1. The van der Waals surface area contributed by atoms with E-state index in [1.807, 2.05) is 6.07 Å². The minimum absolute atomic E-state index is 0.105. The van der Waals surface area contributed by atoms with Crippen molar-refractivity contribution in [2.45, 2.75) is 12.8 Å². The average Bonchev–Trinajstić information content (AvgIpc) is 2.55. The molecule has 1 aliphatic rings. The van der Waals surface area contributed by atoms with E-state index < -0.39 is 0 Å². The predicted octanol–water partition coefficient (Wildman–Crippen LogP) is 3.33. The second-order valence-corrected chi connectivity index (χ2v) is 5.55. The molecular weight excluding hydrogens is 276 g/mol. The molecular formula is C18H20N2O2. The van der Waals surface area contributed by atoms with Crippen LogP contribution in [-0.2, 0) is 6.42 Å². The molecule has 1 N–H and O–H groups in total. The SMILES string of the molecule is COc1ccc(C(=O)Nc2ccc3c(c2)CCCN3C)cc1. The molecule has 1 heterocycles. The van der Waals surface area contributed by atoms with Gasteiger partial charge in [-0.1, -0.05) is 0 Å². The Balaban J connectivity index is 1.76. The molecule has 0 fully saturated rings. The first-order valence-electron chi connectivity index (χ1n) is 7.47. The third kappa shape index (κ3) is 2.91. The van der Waals surface area contributed by atoms with Crippen LogP contribution in [0, 0.1) is 0 Å². The highest BCUT2D eigenvalue weighted by Crippen LogP contribution is 2.28. The molecule has 2 aromatic carbocycles. The van der Waals surface area contributed by atoms with E-state index in [1.54, 1.807) is 31.4 Å². The largest absolute Gasteiger partial charge is 0.497 e. The number of nitrogens with zero attached hydrogens (tertiary/aromatic N) is 1. The van der Waals surface area contributed by atoms with Crippen LogP contribution in [0.1, 0.15) is 22.3 Å². The molecule has 1 amide bonds. The lowest BCUT2D eigenvalue weighted by molar-refractivity contribution is 0.102. The summed E-state index contributed by atoms with van der Waals surface area (Å²) < 4.78 is 5.10. The van der Waals surface area contributed by atoms with Crippen molar-refractivity contribution >= 4 is 17.3 Å². The lowest BCUT2D eigenvalue weighted by Gasteiger charge is -2.27. The van der Waals surface area contributed by atoms with E-state index in [0.29, 0.717) is 5.56 Å². The van der Waals surface area contributed by atoms with Gasteiger partial charge in [-0.25, -0.2) is 0 Å². The lowest BCUT2D eigenvalue weighted by atomic mass is 10.0. The zero-order valence-electron chi connectivity index (χ0n) is 12.9. The highest BCUT2D eigenvalue weighted by Gasteiger charge is 2.14. The molecule has 0 bridgehead atoms. The van der Waals surface area contributed by atoms with Gasteiger partial charge in [-0.2, -0.15) is 0 Å². The quantitative estimate of drug-likeness (QED) is 0.944. The van der Waals surface area contributed by atoms with Crippen molar-refractivity contribution < 1.29 is 9.53 Å². The van der Waals surface area contributed by atoms with Crippen LogP contribution in [0.4, 0.5) is 11.4 Å². The number of nitrogens with one attached hydrogen (secondary N) is 1. The molecule has 0 saturated carbocycles. The van der Waals surface area contributed by atoms with Gasteiger partial charge in [-0.3, -0.25) is 4.79 Å². The Morgan fingerprint density at radius 1 is 1.18 bits per heavy atom. The second-order valence-electron chi connectivity index (χ2n) is 5.55. The molecule has 3 rings (SSSR count). The summed E-state index contributed by atoms with van der Waals surface area (Å²) in [6.07, 6.45) is 2.21. The molecule has 0 unspecified atom stereocenters. The monoisotopic (exact) mass is 296 g/mol. The molecule has 1 aliphatic heterocycles. The third-order valence-corrected chi connectivity index (χ3v) is 4.04. The molecule has 4 heteroatoms. The van der Waals surface area contributed by atoms with Gasteiger partial charge < -0.3 is 15.0 Å². The zero-order valence-corrected chi connectivity index (χ0v) is 12.9. The summed E-state index contributed by atoms with van der Waals surface area (Å²) in [6.45, 7) is 1.09. The van der Waals surface area contributed by atoms with Crippen LogP contribution >= 0.6 is 0 Å². The fourth-order valence-electron chi connectivity index (χ4n) is 2.81. The lowest BCUT2D eigenvalue weighted by Crippen LogP contribution is -2.24. The molecule has 0 saturated heterocycles. The van der Waals surface area contributed by atoms with Crippen LogP contribution in [-0.4, -0.2) is 26.6 Å². The number of carbonyl (C=O) groups is 1. The van der Waals surface area contributed by atoms with Gasteiger partial charge >= 0.3 is 0 Å². The summed E-state index contributed by atoms with van der Waals surface area (Å²) in [4.78, 5) is 14.5. The van der Waals surface area contributed by atoms with E-state index in [0.717, 1.165) is 30.8 Å². The van der Waals surface area contributed by atoms with Gasteiger partial charge in [0.25, 0.3) is 5.91 Å². The number of benzene rings is 2. The first kappa shape index (κ1) is 14.4. The Morgan fingerprint density at radius 2 is 1.95 bits per heavy atom. The number of aryl methyl sites for hydroxylation is 1. The van der Waals surface area contributed by atoms with Gasteiger partial charge in [0.05, 0.1) is 7.11 Å². The summed E-state index contributed by atoms with van der Waals surface area (Å²) in [5, 5.41) is 2.96. The fraction of sp³-hybridized carbons (Fsp3) is 0.278. The van der Waals surface area contributed by atoms with Crippen LogP contribution in [0.25, 0.3) is 0 Å². The second kappa shape index (κ2) is 6.10. The van der Waals surface area contributed by atoms with Crippen molar-refractivity contribution in [2.75, 3.05) is 30.9 Å². The van der Waals surface area contributed by atoms with Gasteiger partial charge in [0.15, 0.2) is 0 Å². The minimum atomic E-state index is -0.105. The number of rotatable bonds is 3. The highest BCUT2D eigenvalue weighted by atomic mass is 16.5. The number of fused-ring (bicyclic) bond motifs is 1. The summed E-state index contributed by atoms with van der Waals surface area (Å²) in [5.41, 5.74) is 4.01. The standard InChI is InChI=1S/C18H20N2O2/c1-20-11-3-4-14-12-15(7-10-17(14)20)19-18(21)13-5-8-16(22-2)9-6-13/h5-10,12H,3-4,11H2,1-2H3,(H,19,21). The number of amides is 1. The van der Waals surface area contributed by atoms with Crippen molar-refractivity contribution in [3.63, 3.8) is 0 Å². The third-order valence-electron chi connectivity index (χ3n) is 4.04. The Labute approximate surface area is 130 Å². The first-order valence-corrected chi connectivity index (χ1v) is 7.47. The highest BCUT2D eigenvalue weighted by molar-refractivity contribution is 6.04. The van der Waals surface area contributed by atoms with E-state index in [1.165, 1.54) is 11.3 Å². The Bertz CT molecular complexity index is 680.